The lowest BCUT2D eigenvalue weighted by Crippen LogP contribution is -2.44. The van der Waals surface area contributed by atoms with E-state index in [0.29, 0.717) is 12.0 Å². The number of nitriles is 1. The molecule has 2 heterocycles. The summed E-state index contributed by atoms with van der Waals surface area (Å²) in [5.74, 6) is 1.87. The summed E-state index contributed by atoms with van der Waals surface area (Å²) in [6.07, 6.45) is 18.1. The molecule has 0 aliphatic carbocycles. The van der Waals surface area contributed by atoms with Crippen LogP contribution in [0.25, 0.3) is 0 Å². The third-order valence-corrected chi connectivity index (χ3v) is 7.24. The second-order valence-electron chi connectivity index (χ2n) is 10.0. The molecule has 1 N–H and O–H groups in total. The second-order valence-corrected chi connectivity index (χ2v) is 10.0. The van der Waals surface area contributed by atoms with E-state index in [2.05, 4.69) is 66.1 Å². The second kappa shape index (κ2) is 16.4. The summed E-state index contributed by atoms with van der Waals surface area (Å²) in [6, 6.07) is 2.91. The van der Waals surface area contributed by atoms with Crippen LogP contribution < -0.4 is 5.32 Å². The van der Waals surface area contributed by atoms with Gasteiger partial charge < -0.3 is 15.1 Å². The maximum atomic E-state index is 9.39. The highest BCUT2D eigenvalue weighted by Gasteiger charge is 2.27. The van der Waals surface area contributed by atoms with E-state index >= 15 is 0 Å². The number of nitrogens with zero attached hydrogens (tertiary/aromatic N) is 4. The summed E-state index contributed by atoms with van der Waals surface area (Å²) in [7, 11) is 0. The van der Waals surface area contributed by atoms with Gasteiger partial charge in [-0.2, -0.15) is 5.26 Å². The number of allylic oxidation sites excluding steroid dienone is 6. The Morgan fingerprint density at radius 2 is 1.91 bits per heavy atom. The van der Waals surface area contributed by atoms with Crippen LogP contribution in [0.1, 0.15) is 65.7 Å². The fourth-order valence-electron chi connectivity index (χ4n) is 5.08. The molecule has 2 saturated heterocycles. The predicted molar refractivity (Wildman–Crippen MR) is 150 cm³/mol. The maximum Gasteiger partial charge on any atom is 0.101 e. The Morgan fingerprint density at radius 1 is 1.14 bits per heavy atom. The van der Waals surface area contributed by atoms with Gasteiger partial charge in [0.15, 0.2) is 0 Å². The monoisotopic (exact) mass is 479 g/mol. The van der Waals surface area contributed by atoms with Crippen LogP contribution in [-0.2, 0) is 0 Å². The zero-order chi connectivity index (χ0) is 25.5. The van der Waals surface area contributed by atoms with E-state index in [1.807, 2.05) is 18.2 Å². The molecule has 35 heavy (non-hydrogen) atoms. The largest absolute Gasteiger partial charge is 0.358 e. The minimum atomic E-state index is 0.582. The standard InChI is InChI=1S/C30H49N5/c1-6-9-11-14-28(22-31)24-33-19-16-30(17-20-33)32-23-29-15-21-34(25-29)27(5)35(18-12-10-7-2)26(4)13-8-3/h6,9,11,13-14,29-30,32H,1,5,7-8,10,12,15-21,23-25H2,2-4H3/b11-9-,26-13?,28-14-. The highest BCUT2D eigenvalue weighted by molar-refractivity contribution is 5.28. The van der Waals surface area contributed by atoms with Crippen LogP contribution in [0.4, 0.5) is 0 Å². The molecule has 2 fully saturated rings. The molecule has 1 unspecified atom stereocenters. The zero-order valence-electron chi connectivity index (χ0n) is 22.6. The van der Waals surface area contributed by atoms with Crippen molar-refractivity contribution in [3.05, 3.63) is 60.6 Å². The minimum absolute atomic E-state index is 0.582. The third kappa shape index (κ3) is 10.1. The SMILES string of the molecule is C=C/C=C\C=C(\C#N)CN1CCC(NCC2CCN(C(=C)N(CCCCC)C(C)=CCC)C2)CC1. The molecule has 0 aromatic rings. The average Bonchev–Trinajstić information content (AvgIpc) is 3.34. The molecular formula is C30H49N5. The number of likely N-dealkylation sites (tertiary alicyclic amines) is 2. The van der Waals surface area contributed by atoms with E-state index in [9.17, 15) is 5.26 Å². The number of hydrogen-bond acceptors (Lipinski definition) is 5. The van der Waals surface area contributed by atoms with Crippen LogP contribution in [0.5, 0.6) is 0 Å². The van der Waals surface area contributed by atoms with E-state index in [1.54, 1.807) is 6.08 Å². The van der Waals surface area contributed by atoms with Crippen molar-refractivity contribution in [3.63, 3.8) is 0 Å². The first kappa shape index (κ1) is 28.9. The molecule has 0 aromatic heterocycles. The first-order valence-corrected chi connectivity index (χ1v) is 13.7. The van der Waals surface area contributed by atoms with Gasteiger partial charge in [-0.25, -0.2) is 0 Å². The number of rotatable bonds is 15. The van der Waals surface area contributed by atoms with Gasteiger partial charge in [0.25, 0.3) is 0 Å². The van der Waals surface area contributed by atoms with Crippen LogP contribution >= 0.6 is 0 Å². The molecule has 0 spiro atoms. The number of piperidine rings is 1. The first-order valence-electron chi connectivity index (χ1n) is 13.7. The number of nitrogens with one attached hydrogen (secondary N) is 1. The highest BCUT2D eigenvalue weighted by Crippen LogP contribution is 2.25. The van der Waals surface area contributed by atoms with Crippen molar-refractivity contribution in [2.75, 3.05) is 45.8 Å². The van der Waals surface area contributed by atoms with Crippen LogP contribution in [0, 0.1) is 17.2 Å². The Bertz CT molecular complexity index is 779. The van der Waals surface area contributed by atoms with E-state index in [1.165, 1.54) is 37.2 Å². The van der Waals surface area contributed by atoms with E-state index in [0.717, 1.165) is 70.6 Å². The summed E-state index contributed by atoms with van der Waals surface area (Å²) < 4.78 is 0. The molecule has 1 atom stereocenters. The van der Waals surface area contributed by atoms with E-state index in [4.69, 9.17) is 0 Å². The summed E-state index contributed by atoms with van der Waals surface area (Å²) in [4.78, 5) is 7.35. The van der Waals surface area contributed by atoms with Gasteiger partial charge in [0.05, 0.1) is 6.07 Å². The van der Waals surface area contributed by atoms with Gasteiger partial charge in [0, 0.05) is 43.5 Å². The van der Waals surface area contributed by atoms with Crippen LogP contribution in [-0.4, -0.2) is 66.6 Å². The molecular weight excluding hydrogens is 430 g/mol. The molecule has 0 aromatic carbocycles. The Morgan fingerprint density at radius 3 is 2.57 bits per heavy atom. The van der Waals surface area contributed by atoms with Crippen LogP contribution in [0.2, 0.25) is 0 Å². The van der Waals surface area contributed by atoms with Gasteiger partial charge in [-0.3, -0.25) is 4.90 Å². The van der Waals surface area contributed by atoms with Crippen molar-refractivity contribution < 1.29 is 0 Å². The third-order valence-electron chi connectivity index (χ3n) is 7.24. The highest BCUT2D eigenvalue weighted by atomic mass is 15.3. The minimum Gasteiger partial charge on any atom is -0.358 e. The maximum absolute atomic E-state index is 9.39. The normalized spacial score (nSPS) is 20.4. The van der Waals surface area contributed by atoms with E-state index in [-0.39, 0.29) is 0 Å². The molecule has 2 aliphatic heterocycles. The molecule has 0 saturated carbocycles. The molecule has 2 rings (SSSR count). The topological polar surface area (TPSA) is 45.5 Å². The van der Waals surface area contributed by atoms with Gasteiger partial charge in [-0.15, -0.1) is 0 Å². The van der Waals surface area contributed by atoms with Crippen molar-refractivity contribution in [3.8, 4) is 6.07 Å². The lowest BCUT2D eigenvalue weighted by atomic mass is 10.0. The van der Waals surface area contributed by atoms with Crippen molar-refractivity contribution in [2.45, 2.75) is 71.8 Å². The molecule has 194 valence electrons. The quantitative estimate of drug-likeness (QED) is 0.182. The molecule has 0 radical (unpaired) electrons. The summed E-state index contributed by atoms with van der Waals surface area (Å²) in [5.41, 5.74) is 2.15. The lowest BCUT2D eigenvalue weighted by Gasteiger charge is -2.34. The summed E-state index contributed by atoms with van der Waals surface area (Å²) in [6.45, 7) is 22.1. The molecule has 0 amide bonds. The predicted octanol–water partition coefficient (Wildman–Crippen LogP) is 5.83. The van der Waals surface area contributed by atoms with Crippen LogP contribution in [0.3, 0.4) is 0 Å². The number of hydrogen-bond donors (Lipinski definition) is 1. The van der Waals surface area contributed by atoms with Gasteiger partial charge >= 0.3 is 0 Å². The Hall–Kier alpha value is -2.29. The van der Waals surface area contributed by atoms with Gasteiger partial charge in [-0.05, 0) is 70.7 Å². The fourth-order valence-corrected chi connectivity index (χ4v) is 5.08. The van der Waals surface area contributed by atoms with Crippen molar-refractivity contribution >= 4 is 0 Å². The average molecular weight is 480 g/mol. The van der Waals surface area contributed by atoms with Gasteiger partial charge in [0.1, 0.15) is 5.82 Å². The first-order chi connectivity index (χ1) is 17.0. The Labute approximate surface area is 215 Å². The Balaban J connectivity index is 1.76. The van der Waals surface area contributed by atoms with Crippen LogP contribution in [0.15, 0.2) is 60.6 Å². The summed E-state index contributed by atoms with van der Waals surface area (Å²) >= 11 is 0. The fraction of sp³-hybridized carbons (Fsp3) is 0.633. The van der Waals surface area contributed by atoms with Crippen molar-refractivity contribution in [1.29, 1.82) is 5.26 Å². The molecule has 0 bridgehead atoms. The van der Waals surface area contributed by atoms with Gasteiger partial charge in [-0.1, -0.05) is 64.2 Å². The van der Waals surface area contributed by atoms with Crippen molar-refractivity contribution in [2.24, 2.45) is 5.92 Å². The van der Waals surface area contributed by atoms with E-state index < -0.39 is 0 Å². The lowest BCUT2D eigenvalue weighted by molar-refractivity contribution is 0.208. The number of unbranched alkanes of at least 4 members (excludes halogenated alkanes) is 2. The van der Waals surface area contributed by atoms with Crippen molar-refractivity contribution in [1.82, 2.24) is 20.0 Å². The van der Waals surface area contributed by atoms with Gasteiger partial charge in [0.2, 0.25) is 0 Å². The Kier molecular flexibility index (Phi) is 13.6. The molecule has 2 aliphatic rings. The zero-order valence-corrected chi connectivity index (χ0v) is 22.6. The molecule has 5 heteroatoms. The molecule has 5 nitrogen and oxygen atoms in total. The summed E-state index contributed by atoms with van der Waals surface area (Å²) in [5, 5.41) is 13.2. The smallest absolute Gasteiger partial charge is 0.101 e.